The minimum atomic E-state index is -0.464. The molecule has 0 bridgehead atoms. The normalized spacial score (nSPS) is 6.82. The van der Waals surface area contributed by atoms with Gasteiger partial charge in [0.05, 0.1) is 60.0 Å². The Hall–Kier alpha value is -1.54. The molecule has 0 unspecified atom stereocenters. The van der Waals surface area contributed by atoms with Crippen molar-refractivity contribution >= 4 is 0 Å². The zero-order valence-corrected chi connectivity index (χ0v) is 17.3. The van der Waals surface area contributed by atoms with Gasteiger partial charge in [-0.25, -0.2) is 9.78 Å². The Bertz CT molecular complexity index is 287. The lowest BCUT2D eigenvalue weighted by Gasteiger charge is -2.20. The topological polar surface area (TPSA) is 146 Å². The van der Waals surface area contributed by atoms with Crippen molar-refractivity contribution in [3.8, 4) is 0 Å². The molecule has 0 saturated carbocycles. The summed E-state index contributed by atoms with van der Waals surface area (Å²) in [6.07, 6.45) is -0.464. The Labute approximate surface area is 246 Å². The number of ether oxygens (including phenoxy) is 5. The number of hydrogen-bond donors (Lipinski definition) is 4. The highest BCUT2D eigenvalue weighted by Crippen LogP contribution is 2.04. The van der Waals surface area contributed by atoms with Crippen LogP contribution in [0.3, 0.4) is 0 Å². The lowest BCUT2D eigenvalue weighted by molar-refractivity contribution is -0.249. The number of aliphatic hydroxyl groups is 2. The molecular weight excluding hydrogens is 512 g/mol. The van der Waals surface area contributed by atoms with Crippen molar-refractivity contribution < 1.29 is 54.2 Å². The average Bonchev–Trinajstić information content (AvgIpc) is 2.74. The monoisotopic (exact) mass is 591 g/mol. The summed E-state index contributed by atoms with van der Waals surface area (Å²) < 4.78 is 26.0. The van der Waals surface area contributed by atoms with Gasteiger partial charge in [0, 0.05) is 0 Å². The molecule has 0 atom stereocenters. The second kappa shape index (κ2) is 99.5. The van der Waals surface area contributed by atoms with E-state index in [1.807, 2.05) is 0 Å². The van der Waals surface area contributed by atoms with Crippen molar-refractivity contribution in [2.24, 2.45) is 0 Å². The fraction of sp³-hybridized carbons (Fsp3) is 0.786. The van der Waals surface area contributed by atoms with Crippen LogP contribution in [0.1, 0.15) is 74.3 Å². The molecule has 0 rings (SSSR count). The van der Waals surface area contributed by atoms with Gasteiger partial charge >= 0.3 is 0 Å². The van der Waals surface area contributed by atoms with Crippen LogP contribution in [-0.2, 0) is 33.5 Å². The van der Waals surface area contributed by atoms with E-state index in [-0.39, 0.29) is 140 Å². The largest absolute Gasteiger partial charge is 0.463 e. The molecule has 0 spiro atoms. The van der Waals surface area contributed by atoms with Crippen LogP contribution in [0.2, 0.25) is 0 Å². The lowest BCUT2D eigenvalue weighted by Crippen LogP contribution is -2.27. The molecule has 0 saturated heterocycles. The summed E-state index contributed by atoms with van der Waals surface area (Å²) in [4.78, 5) is 7.09. The van der Waals surface area contributed by atoms with Gasteiger partial charge in [-0.3, -0.25) is 10.5 Å². The molecule has 39 heavy (non-hydrogen) atoms. The fourth-order valence-electron chi connectivity index (χ4n) is 1.31. The Morgan fingerprint density at radius 3 is 1.23 bits per heavy atom. The van der Waals surface area contributed by atoms with Gasteiger partial charge in [0.15, 0.2) is 0 Å². The van der Waals surface area contributed by atoms with E-state index in [9.17, 15) is 0 Å². The molecule has 0 aromatic carbocycles. The summed E-state index contributed by atoms with van der Waals surface area (Å²) in [5.41, 5.74) is 0. The molecule has 11 nitrogen and oxygen atoms in total. The predicted molar refractivity (Wildman–Crippen MR) is 175 cm³/mol. The van der Waals surface area contributed by atoms with Crippen LogP contribution in [0, 0.1) is 0 Å². The summed E-state index contributed by atoms with van der Waals surface area (Å²) >= 11 is 0. The van der Waals surface area contributed by atoms with Crippen LogP contribution in [0.15, 0.2) is 38.8 Å². The van der Waals surface area contributed by atoms with Gasteiger partial charge < -0.3 is 33.9 Å². The van der Waals surface area contributed by atoms with Gasteiger partial charge in [0.2, 0.25) is 0 Å². The van der Waals surface area contributed by atoms with Crippen molar-refractivity contribution in [3.05, 3.63) is 38.8 Å². The first-order chi connectivity index (χ1) is 14.2. The standard InChI is InChI=1S/C13H26O9.2C2H4.CH4O2.10CH4/c1-12(20-8-6-17-7-9-21-16)22-13(10-18-4-2-14)11-19-5-3-15;2*1-2;1-3-2;;;;;;;;;;/h13-16H,1-11H2;2*1-2H2;2H,1H3;10*1H4. The number of hydrogen-bond acceptors (Lipinski definition) is 11. The number of aliphatic hydroxyl groups excluding tert-OH is 2. The van der Waals surface area contributed by atoms with E-state index in [2.05, 4.69) is 42.7 Å². The predicted octanol–water partition coefficient (Wildman–Crippen LogP) is 7.45. The third-order valence-electron chi connectivity index (χ3n) is 2.19. The molecule has 0 aliphatic carbocycles. The van der Waals surface area contributed by atoms with Crippen molar-refractivity contribution in [2.45, 2.75) is 80.4 Å². The first kappa shape index (κ1) is 90.5. The highest BCUT2D eigenvalue weighted by atomic mass is 17.1. The maximum Gasteiger partial charge on any atom is 0.272 e. The van der Waals surface area contributed by atoms with Gasteiger partial charge in [-0.05, 0) is 6.58 Å². The molecule has 0 aliphatic heterocycles. The SMILES string of the molecule is C.C.C.C.C.C.C.C.C.C.C=C.C=C.C=C(OCCOCCOO)OC(COCCO)COCCO.COO. The highest BCUT2D eigenvalue weighted by molar-refractivity contribution is 4.72. The molecule has 0 aliphatic rings. The zero-order chi connectivity index (χ0) is 23.2. The zero-order valence-electron chi connectivity index (χ0n) is 17.3. The van der Waals surface area contributed by atoms with Crippen LogP contribution in [0.4, 0.5) is 0 Å². The summed E-state index contributed by atoms with van der Waals surface area (Å²) in [6.45, 7) is 17.1. The minimum Gasteiger partial charge on any atom is -0.463 e. The molecule has 0 amide bonds. The van der Waals surface area contributed by atoms with Crippen LogP contribution in [-0.4, -0.2) is 100 Å². The first-order valence-electron chi connectivity index (χ1n) is 8.53. The number of rotatable bonds is 17. The van der Waals surface area contributed by atoms with E-state index in [4.69, 9.17) is 44.4 Å². The van der Waals surface area contributed by atoms with Crippen molar-refractivity contribution in [1.82, 2.24) is 0 Å². The van der Waals surface area contributed by atoms with Crippen LogP contribution in [0.25, 0.3) is 0 Å². The highest BCUT2D eigenvalue weighted by Gasteiger charge is 2.13. The third kappa shape index (κ3) is 103. The second-order valence-corrected chi connectivity index (χ2v) is 4.19. The van der Waals surface area contributed by atoms with Crippen molar-refractivity contribution in [1.29, 1.82) is 0 Å². The smallest absolute Gasteiger partial charge is 0.272 e. The van der Waals surface area contributed by atoms with Crippen LogP contribution < -0.4 is 0 Å². The van der Waals surface area contributed by atoms with Gasteiger partial charge in [0.1, 0.15) is 19.3 Å². The Morgan fingerprint density at radius 2 is 0.923 bits per heavy atom. The van der Waals surface area contributed by atoms with Gasteiger partial charge in [-0.15, -0.1) is 26.3 Å². The Morgan fingerprint density at radius 1 is 0.590 bits per heavy atom. The molecule has 256 valence electrons. The molecule has 0 heterocycles. The fourth-order valence-corrected chi connectivity index (χ4v) is 1.31. The molecule has 4 N–H and O–H groups in total. The average molecular weight is 591 g/mol. The van der Waals surface area contributed by atoms with E-state index in [0.29, 0.717) is 6.61 Å². The van der Waals surface area contributed by atoms with Gasteiger partial charge in [-0.1, -0.05) is 74.3 Å². The molecule has 0 radical (unpaired) electrons. The quantitative estimate of drug-likeness (QED) is 0.0440. The maximum atomic E-state index is 8.67. The van der Waals surface area contributed by atoms with Crippen LogP contribution >= 0.6 is 0 Å². The van der Waals surface area contributed by atoms with Gasteiger partial charge in [-0.2, -0.15) is 0 Å². The lowest BCUT2D eigenvalue weighted by atomic mass is 10.4. The molecular formula is C28H78O11. The summed E-state index contributed by atoms with van der Waals surface area (Å²) in [7, 11) is 1.18. The van der Waals surface area contributed by atoms with Crippen LogP contribution in [0.5, 0.6) is 0 Å². The van der Waals surface area contributed by atoms with Gasteiger partial charge in [0.25, 0.3) is 5.95 Å². The molecule has 0 aromatic heterocycles. The second-order valence-electron chi connectivity index (χ2n) is 4.19. The van der Waals surface area contributed by atoms with E-state index < -0.39 is 6.10 Å². The van der Waals surface area contributed by atoms with E-state index in [1.54, 1.807) is 0 Å². The minimum absolute atomic E-state index is 0. The van der Waals surface area contributed by atoms with E-state index in [0.717, 1.165) is 0 Å². The maximum absolute atomic E-state index is 8.67. The summed E-state index contributed by atoms with van der Waals surface area (Å²) in [6, 6.07) is 0. The summed E-state index contributed by atoms with van der Waals surface area (Å²) in [5.74, 6) is 0.0900. The molecule has 0 aromatic rings. The molecule has 11 heteroatoms. The first-order valence-corrected chi connectivity index (χ1v) is 8.53. The summed E-state index contributed by atoms with van der Waals surface area (Å²) in [5, 5.41) is 32.5. The van der Waals surface area contributed by atoms with E-state index in [1.165, 1.54) is 7.11 Å². The Kier molecular flexibility index (Phi) is 231. The molecule has 0 fully saturated rings. The third-order valence-corrected chi connectivity index (χ3v) is 2.19. The van der Waals surface area contributed by atoms with Crippen molar-refractivity contribution in [3.63, 3.8) is 0 Å². The van der Waals surface area contributed by atoms with Crippen molar-refractivity contribution in [2.75, 3.05) is 73.2 Å². The van der Waals surface area contributed by atoms with E-state index >= 15 is 0 Å². The Balaban J connectivity index is -0.0000000280.